The molecule has 0 aliphatic carbocycles. The van der Waals surface area contributed by atoms with Gasteiger partial charge in [0.1, 0.15) is 5.75 Å². The Morgan fingerprint density at radius 1 is 1.25 bits per heavy atom. The number of hydrogen-bond donors (Lipinski definition) is 1. The maximum absolute atomic E-state index is 11.5. The van der Waals surface area contributed by atoms with Crippen molar-refractivity contribution in [3.8, 4) is 5.75 Å². The molecule has 0 unspecified atom stereocenters. The zero-order valence-corrected chi connectivity index (χ0v) is 12.1. The number of para-hydroxylation sites is 1. The van der Waals surface area contributed by atoms with Crippen LogP contribution in [0.5, 0.6) is 5.75 Å². The second-order valence-electron chi connectivity index (χ2n) is 4.62. The van der Waals surface area contributed by atoms with Gasteiger partial charge in [-0.15, -0.1) is 0 Å². The Morgan fingerprint density at radius 3 is 2.70 bits per heavy atom. The van der Waals surface area contributed by atoms with Crippen LogP contribution in [0.25, 0.3) is 0 Å². The van der Waals surface area contributed by atoms with Crippen LogP contribution in [0.3, 0.4) is 0 Å². The van der Waals surface area contributed by atoms with Crippen LogP contribution in [-0.2, 0) is 9.53 Å². The summed E-state index contributed by atoms with van der Waals surface area (Å²) in [5.74, 6) is 0.863. The standard InChI is InChI=1S/C16H23NO3/c1-14(2)13-19-12-10-17-16(18)9-6-11-20-15-7-4-3-5-8-15/h3-5,7-8H,1,6,9-13H2,2H3,(H,17,18). The van der Waals surface area contributed by atoms with E-state index in [1.165, 1.54) is 0 Å². The highest BCUT2D eigenvalue weighted by atomic mass is 16.5. The molecule has 0 bridgehead atoms. The molecule has 1 amide bonds. The first kappa shape index (κ1) is 16.2. The number of carbonyl (C=O) groups is 1. The van der Waals surface area contributed by atoms with E-state index < -0.39 is 0 Å². The third-order valence-electron chi connectivity index (χ3n) is 2.48. The lowest BCUT2D eigenvalue weighted by molar-refractivity contribution is -0.121. The molecule has 0 atom stereocenters. The third-order valence-corrected chi connectivity index (χ3v) is 2.48. The van der Waals surface area contributed by atoms with Crippen molar-refractivity contribution in [2.24, 2.45) is 0 Å². The molecule has 20 heavy (non-hydrogen) atoms. The molecule has 0 heterocycles. The Balaban J connectivity index is 1.96. The third kappa shape index (κ3) is 8.32. The molecular weight excluding hydrogens is 254 g/mol. The molecular formula is C16H23NO3. The average molecular weight is 277 g/mol. The van der Waals surface area contributed by atoms with Crippen molar-refractivity contribution in [3.05, 3.63) is 42.5 Å². The molecule has 1 aromatic carbocycles. The van der Waals surface area contributed by atoms with Crippen LogP contribution in [-0.4, -0.2) is 32.3 Å². The van der Waals surface area contributed by atoms with Crippen LogP contribution < -0.4 is 10.1 Å². The summed E-state index contributed by atoms with van der Waals surface area (Å²) >= 11 is 0. The van der Waals surface area contributed by atoms with Crippen LogP contribution in [0, 0.1) is 0 Å². The van der Waals surface area contributed by atoms with Gasteiger partial charge in [0.05, 0.1) is 19.8 Å². The normalized spacial score (nSPS) is 10.1. The minimum atomic E-state index is 0.0283. The largest absolute Gasteiger partial charge is 0.494 e. The van der Waals surface area contributed by atoms with Gasteiger partial charge in [-0.3, -0.25) is 4.79 Å². The smallest absolute Gasteiger partial charge is 0.220 e. The fraction of sp³-hybridized carbons (Fsp3) is 0.438. The Morgan fingerprint density at radius 2 is 2.00 bits per heavy atom. The van der Waals surface area contributed by atoms with E-state index in [0.717, 1.165) is 11.3 Å². The van der Waals surface area contributed by atoms with Gasteiger partial charge in [-0.2, -0.15) is 0 Å². The maximum atomic E-state index is 11.5. The number of ether oxygens (including phenoxy) is 2. The zero-order chi connectivity index (χ0) is 14.6. The average Bonchev–Trinajstić information content (AvgIpc) is 2.44. The van der Waals surface area contributed by atoms with Crippen LogP contribution >= 0.6 is 0 Å². The molecule has 0 saturated carbocycles. The van der Waals surface area contributed by atoms with Crippen molar-refractivity contribution in [1.29, 1.82) is 0 Å². The molecule has 0 fully saturated rings. The summed E-state index contributed by atoms with van der Waals surface area (Å²) in [5.41, 5.74) is 0.981. The Hall–Kier alpha value is -1.81. The molecule has 0 radical (unpaired) electrons. The van der Waals surface area contributed by atoms with E-state index >= 15 is 0 Å². The van der Waals surface area contributed by atoms with Crippen molar-refractivity contribution >= 4 is 5.91 Å². The molecule has 1 N–H and O–H groups in total. The van der Waals surface area contributed by atoms with Crippen molar-refractivity contribution in [1.82, 2.24) is 5.32 Å². The van der Waals surface area contributed by atoms with Gasteiger partial charge in [0.25, 0.3) is 0 Å². The Bertz CT molecular complexity index is 403. The molecule has 0 aromatic heterocycles. The summed E-state index contributed by atoms with van der Waals surface area (Å²) in [6.07, 6.45) is 1.17. The summed E-state index contributed by atoms with van der Waals surface area (Å²) in [6.45, 7) is 7.78. The minimum absolute atomic E-state index is 0.0283. The van der Waals surface area contributed by atoms with E-state index in [0.29, 0.717) is 39.2 Å². The molecule has 110 valence electrons. The van der Waals surface area contributed by atoms with E-state index in [9.17, 15) is 4.79 Å². The van der Waals surface area contributed by atoms with Gasteiger partial charge in [-0.05, 0) is 25.5 Å². The highest BCUT2D eigenvalue weighted by molar-refractivity contribution is 5.75. The lowest BCUT2D eigenvalue weighted by Crippen LogP contribution is -2.27. The lowest BCUT2D eigenvalue weighted by atomic mass is 10.3. The summed E-state index contributed by atoms with van der Waals surface area (Å²) < 4.78 is 10.8. The van der Waals surface area contributed by atoms with Gasteiger partial charge in [0.2, 0.25) is 5.91 Å². The van der Waals surface area contributed by atoms with Gasteiger partial charge >= 0.3 is 0 Å². The molecule has 1 aromatic rings. The van der Waals surface area contributed by atoms with E-state index in [1.54, 1.807) is 0 Å². The molecule has 4 nitrogen and oxygen atoms in total. The number of rotatable bonds is 10. The molecule has 4 heteroatoms. The predicted molar refractivity (Wildman–Crippen MR) is 79.8 cm³/mol. The second-order valence-corrected chi connectivity index (χ2v) is 4.62. The van der Waals surface area contributed by atoms with Gasteiger partial charge in [0.15, 0.2) is 0 Å². The van der Waals surface area contributed by atoms with Gasteiger partial charge < -0.3 is 14.8 Å². The number of benzene rings is 1. The Kier molecular flexibility index (Phi) is 8.15. The maximum Gasteiger partial charge on any atom is 0.220 e. The van der Waals surface area contributed by atoms with Crippen LogP contribution in [0.15, 0.2) is 42.5 Å². The van der Waals surface area contributed by atoms with E-state index in [2.05, 4.69) is 11.9 Å². The van der Waals surface area contributed by atoms with Crippen molar-refractivity contribution in [3.63, 3.8) is 0 Å². The number of amides is 1. The molecule has 0 aliphatic heterocycles. The Labute approximate surface area is 120 Å². The SMILES string of the molecule is C=C(C)COCCNC(=O)CCCOc1ccccc1. The number of nitrogens with one attached hydrogen (secondary N) is 1. The monoisotopic (exact) mass is 277 g/mol. The lowest BCUT2D eigenvalue weighted by Gasteiger charge is -2.07. The van der Waals surface area contributed by atoms with Gasteiger partial charge in [-0.25, -0.2) is 0 Å². The highest BCUT2D eigenvalue weighted by Crippen LogP contribution is 2.08. The van der Waals surface area contributed by atoms with Crippen molar-refractivity contribution < 1.29 is 14.3 Å². The highest BCUT2D eigenvalue weighted by Gasteiger charge is 2.01. The van der Waals surface area contributed by atoms with Gasteiger partial charge in [-0.1, -0.05) is 30.4 Å². The first-order valence-corrected chi connectivity index (χ1v) is 6.85. The molecule has 1 rings (SSSR count). The van der Waals surface area contributed by atoms with E-state index in [1.807, 2.05) is 37.3 Å². The first-order valence-electron chi connectivity index (χ1n) is 6.85. The summed E-state index contributed by atoms with van der Waals surface area (Å²) in [7, 11) is 0. The quantitative estimate of drug-likeness (QED) is 0.528. The van der Waals surface area contributed by atoms with Crippen molar-refractivity contribution in [2.45, 2.75) is 19.8 Å². The molecule has 0 saturated heterocycles. The molecule has 0 spiro atoms. The summed E-state index contributed by atoms with van der Waals surface area (Å²) in [4.78, 5) is 11.5. The van der Waals surface area contributed by atoms with Gasteiger partial charge in [0, 0.05) is 13.0 Å². The minimum Gasteiger partial charge on any atom is -0.494 e. The first-order chi connectivity index (χ1) is 9.68. The van der Waals surface area contributed by atoms with Crippen molar-refractivity contribution in [2.75, 3.05) is 26.4 Å². The van der Waals surface area contributed by atoms with Crippen LogP contribution in [0.2, 0.25) is 0 Å². The van der Waals surface area contributed by atoms with E-state index in [4.69, 9.17) is 9.47 Å². The summed E-state index contributed by atoms with van der Waals surface area (Å²) in [5, 5.41) is 2.81. The van der Waals surface area contributed by atoms with Crippen LogP contribution in [0.1, 0.15) is 19.8 Å². The fourth-order valence-electron chi connectivity index (χ4n) is 1.54. The fourth-order valence-corrected chi connectivity index (χ4v) is 1.54. The van der Waals surface area contributed by atoms with Crippen LogP contribution in [0.4, 0.5) is 0 Å². The number of carbonyl (C=O) groups excluding carboxylic acids is 1. The second kappa shape index (κ2) is 10.0. The topological polar surface area (TPSA) is 47.6 Å². The molecule has 0 aliphatic rings. The van der Waals surface area contributed by atoms with E-state index in [-0.39, 0.29) is 5.91 Å². The summed E-state index contributed by atoms with van der Waals surface area (Å²) in [6, 6.07) is 9.59. The predicted octanol–water partition coefficient (Wildman–Crippen LogP) is 2.55. The number of hydrogen-bond acceptors (Lipinski definition) is 3. The zero-order valence-electron chi connectivity index (χ0n) is 12.1.